The summed E-state index contributed by atoms with van der Waals surface area (Å²) in [5.41, 5.74) is 7.37. The van der Waals surface area contributed by atoms with Crippen molar-refractivity contribution in [3.63, 3.8) is 0 Å². The zero-order valence-electron chi connectivity index (χ0n) is 13.8. The highest BCUT2D eigenvalue weighted by Crippen LogP contribution is 2.31. The molecule has 0 saturated heterocycles. The molecule has 0 radical (unpaired) electrons. The summed E-state index contributed by atoms with van der Waals surface area (Å²) < 4.78 is 23.0. The highest BCUT2D eigenvalue weighted by atomic mass is 32.2. The molecule has 2 atom stereocenters. The maximum atomic E-state index is 12.5. The molecule has 0 bridgehead atoms. The van der Waals surface area contributed by atoms with Gasteiger partial charge in [-0.2, -0.15) is 0 Å². The minimum absolute atomic E-state index is 0.0168. The van der Waals surface area contributed by atoms with Gasteiger partial charge in [-0.15, -0.1) is 0 Å². The zero-order valence-corrected chi connectivity index (χ0v) is 14.7. The summed E-state index contributed by atoms with van der Waals surface area (Å²) in [5.74, 6) is -0.237. The number of amides is 1. The minimum Gasteiger partial charge on any atom is -0.352 e. The van der Waals surface area contributed by atoms with E-state index in [-0.39, 0.29) is 17.6 Å². The molecule has 1 aromatic rings. The van der Waals surface area contributed by atoms with E-state index in [4.69, 9.17) is 5.73 Å². The molecule has 1 aromatic carbocycles. The predicted octanol–water partition coefficient (Wildman–Crippen LogP) is 1.76. The van der Waals surface area contributed by atoms with Gasteiger partial charge in [0.25, 0.3) is 0 Å². The van der Waals surface area contributed by atoms with Gasteiger partial charge in [0.1, 0.15) is 0 Å². The molecule has 5 nitrogen and oxygen atoms in total. The van der Waals surface area contributed by atoms with E-state index < -0.39 is 15.4 Å². The molecule has 0 aromatic heterocycles. The normalized spacial score (nSPS) is 25.1. The van der Waals surface area contributed by atoms with Crippen LogP contribution in [0, 0.1) is 5.92 Å². The van der Waals surface area contributed by atoms with E-state index in [2.05, 4.69) is 5.32 Å². The molecule has 1 saturated carbocycles. The van der Waals surface area contributed by atoms with Gasteiger partial charge < -0.3 is 11.1 Å². The standard InChI is InChI=1S/C17H26N2O3S/c1-17(18)10-6-5-9-15(17)16(20)19-11-13-7-3-4-8-14(13)12-23(2,21)22/h3-4,7-8,15H,5-6,9-12,18H2,1-2H3,(H,19,20). The van der Waals surface area contributed by atoms with E-state index >= 15 is 0 Å². The minimum atomic E-state index is -3.11. The van der Waals surface area contributed by atoms with Crippen LogP contribution in [-0.4, -0.2) is 26.1 Å². The molecule has 2 rings (SSSR count). The highest BCUT2D eigenvalue weighted by Gasteiger charge is 2.37. The molecule has 1 fully saturated rings. The molecule has 0 spiro atoms. The van der Waals surface area contributed by atoms with Gasteiger partial charge in [-0.05, 0) is 30.9 Å². The third-order valence-corrected chi connectivity index (χ3v) is 5.40. The molecular weight excluding hydrogens is 312 g/mol. The van der Waals surface area contributed by atoms with Gasteiger partial charge in [0, 0.05) is 18.3 Å². The van der Waals surface area contributed by atoms with Crippen LogP contribution in [0.2, 0.25) is 0 Å². The monoisotopic (exact) mass is 338 g/mol. The lowest BCUT2D eigenvalue weighted by Crippen LogP contribution is -2.52. The third-order valence-electron chi connectivity index (χ3n) is 4.56. The Bertz CT molecular complexity index is 668. The second kappa shape index (κ2) is 7.01. The maximum Gasteiger partial charge on any atom is 0.225 e. The van der Waals surface area contributed by atoms with Crippen LogP contribution in [-0.2, 0) is 26.9 Å². The number of sulfone groups is 1. The van der Waals surface area contributed by atoms with Crippen LogP contribution < -0.4 is 11.1 Å². The Morgan fingerprint density at radius 2 is 1.96 bits per heavy atom. The number of carbonyl (C=O) groups is 1. The van der Waals surface area contributed by atoms with Crippen LogP contribution in [0.3, 0.4) is 0 Å². The Morgan fingerprint density at radius 1 is 1.30 bits per heavy atom. The van der Waals surface area contributed by atoms with Gasteiger partial charge in [-0.3, -0.25) is 4.79 Å². The number of nitrogens with two attached hydrogens (primary N) is 1. The quantitative estimate of drug-likeness (QED) is 0.856. The van der Waals surface area contributed by atoms with Crippen molar-refractivity contribution in [3.8, 4) is 0 Å². The Balaban J connectivity index is 2.05. The van der Waals surface area contributed by atoms with E-state index in [1.165, 1.54) is 6.26 Å². The molecule has 2 unspecified atom stereocenters. The van der Waals surface area contributed by atoms with Crippen molar-refractivity contribution in [3.05, 3.63) is 35.4 Å². The molecule has 128 valence electrons. The van der Waals surface area contributed by atoms with Crippen molar-refractivity contribution in [1.29, 1.82) is 0 Å². The van der Waals surface area contributed by atoms with Crippen LogP contribution in [0.1, 0.15) is 43.7 Å². The molecule has 1 amide bonds. The van der Waals surface area contributed by atoms with Crippen LogP contribution >= 0.6 is 0 Å². The molecule has 23 heavy (non-hydrogen) atoms. The topological polar surface area (TPSA) is 89.3 Å². The largest absolute Gasteiger partial charge is 0.352 e. The molecule has 0 heterocycles. The molecule has 0 aliphatic heterocycles. The number of nitrogens with one attached hydrogen (secondary N) is 1. The summed E-state index contributed by atoms with van der Waals surface area (Å²) in [6, 6.07) is 7.30. The van der Waals surface area contributed by atoms with Gasteiger partial charge in [0.2, 0.25) is 5.91 Å². The molecule has 6 heteroatoms. The lowest BCUT2D eigenvalue weighted by molar-refractivity contribution is -0.128. The fourth-order valence-electron chi connectivity index (χ4n) is 3.25. The smallest absolute Gasteiger partial charge is 0.225 e. The first-order valence-corrected chi connectivity index (χ1v) is 10.1. The van der Waals surface area contributed by atoms with E-state index in [1.54, 1.807) is 6.07 Å². The van der Waals surface area contributed by atoms with Crippen molar-refractivity contribution in [1.82, 2.24) is 5.32 Å². The van der Waals surface area contributed by atoms with Gasteiger partial charge >= 0.3 is 0 Å². The van der Waals surface area contributed by atoms with Crippen LogP contribution in [0.15, 0.2) is 24.3 Å². The summed E-state index contributed by atoms with van der Waals surface area (Å²) in [5, 5.41) is 2.94. The fourth-order valence-corrected chi connectivity index (χ4v) is 4.09. The Kier molecular flexibility index (Phi) is 5.47. The lowest BCUT2D eigenvalue weighted by Gasteiger charge is -2.37. The second-order valence-electron chi connectivity index (χ2n) is 6.86. The first-order valence-electron chi connectivity index (χ1n) is 8.00. The van der Waals surface area contributed by atoms with Gasteiger partial charge in [-0.1, -0.05) is 37.1 Å². The van der Waals surface area contributed by atoms with Crippen LogP contribution in [0.25, 0.3) is 0 Å². The number of rotatable bonds is 5. The number of benzene rings is 1. The van der Waals surface area contributed by atoms with E-state index in [1.807, 2.05) is 25.1 Å². The highest BCUT2D eigenvalue weighted by molar-refractivity contribution is 7.89. The molecule has 3 N–H and O–H groups in total. The third kappa shape index (κ3) is 5.04. The van der Waals surface area contributed by atoms with Crippen LogP contribution in [0.5, 0.6) is 0 Å². The summed E-state index contributed by atoms with van der Waals surface area (Å²) in [6.45, 7) is 2.27. The van der Waals surface area contributed by atoms with Crippen molar-refractivity contribution in [2.45, 2.75) is 50.4 Å². The summed E-state index contributed by atoms with van der Waals surface area (Å²) >= 11 is 0. The Morgan fingerprint density at radius 3 is 2.57 bits per heavy atom. The van der Waals surface area contributed by atoms with Gasteiger partial charge in [0.05, 0.1) is 11.7 Å². The average Bonchev–Trinajstić information content (AvgIpc) is 2.44. The first-order chi connectivity index (χ1) is 10.7. The van der Waals surface area contributed by atoms with E-state index in [0.29, 0.717) is 6.54 Å². The van der Waals surface area contributed by atoms with Gasteiger partial charge in [-0.25, -0.2) is 8.42 Å². The number of hydrogen-bond acceptors (Lipinski definition) is 4. The van der Waals surface area contributed by atoms with E-state index in [0.717, 1.165) is 36.8 Å². The van der Waals surface area contributed by atoms with Crippen molar-refractivity contribution < 1.29 is 13.2 Å². The number of carbonyl (C=O) groups excluding carboxylic acids is 1. The molecular formula is C17H26N2O3S. The Labute approximate surface area is 138 Å². The maximum absolute atomic E-state index is 12.5. The molecule has 1 aliphatic rings. The molecule has 1 aliphatic carbocycles. The van der Waals surface area contributed by atoms with Crippen LogP contribution in [0.4, 0.5) is 0 Å². The first kappa shape index (κ1) is 17.9. The fraction of sp³-hybridized carbons (Fsp3) is 0.588. The Hall–Kier alpha value is -1.40. The summed E-state index contributed by atoms with van der Waals surface area (Å²) in [4.78, 5) is 12.5. The van der Waals surface area contributed by atoms with E-state index in [9.17, 15) is 13.2 Å². The van der Waals surface area contributed by atoms with Crippen molar-refractivity contribution >= 4 is 15.7 Å². The lowest BCUT2D eigenvalue weighted by atomic mass is 9.74. The SMILES string of the molecule is CC1(N)CCCCC1C(=O)NCc1ccccc1CS(C)(=O)=O. The zero-order chi connectivity index (χ0) is 17.1. The predicted molar refractivity (Wildman–Crippen MR) is 91.4 cm³/mol. The number of hydrogen-bond donors (Lipinski definition) is 2. The summed E-state index contributed by atoms with van der Waals surface area (Å²) in [7, 11) is -3.11. The second-order valence-corrected chi connectivity index (χ2v) is 9.00. The van der Waals surface area contributed by atoms with Gasteiger partial charge in [0.15, 0.2) is 9.84 Å². The van der Waals surface area contributed by atoms with Crippen molar-refractivity contribution in [2.24, 2.45) is 11.7 Å². The average molecular weight is 338 g/mol. The van der Waals surface area contributed by atoms with Crippen molar-refractivity contribution in [2.75, 3.05) is 6.26 Å². The summed E-state index contributed by atoms with van der Waals surface area (Å²) in [6.07, 6.45) is 4.97.